The molecule has 2 N–H and O–H groups in total. The quantitative estimate of drug-likeness (QED) is 0.341. The summed E-state index contributed by atoms with van der Waals surface area (Å²) in [6.07, 6.45) is 5.44. The highest BCUT2D eigenvalue weighted by molar-refractivity contribution is 5.94. The first kappa shape index (κ1) is 17.6. The summed E-state index contributed by atoms with van der Waals surface area (Å²) in [5.41, 5.74) is 2.59. The van der Waals surface area contributed by atoms with E-state index in [2.05, 4.69) is 15.8 Å². The lowest BCUT2D eigenvalue weighted by Crippen LogP contribution is -2.34. The first-order chi connectivity index (χ1) is 12.0. The molecule has 0 spiro atoms. The Hall–Kier alpha value is -3.75. The van der Waals surface area contributed by atoms with Crippen molar-refractivity contribution in [1.82, 2.24) is 10.7 Å². The molecule has 2 rings (SSSR count). The zero-order valence-electron chi connectivity index (χ0n) is 12.9. The van der Waals surface area contributed by atoms with Gasteiger partial charge < -0.3 is 9.73 Å². The van der Waals surface area contributed by atoms with Gasteiger partial charge in [-0.15, -0.1) is 0 Å². The molecule has 0 atom stereocenters. The first-order valence-corrected chi connectivity index (χ1v) is 7.10. The molecular formula is C16H14N4O5. The Kier molecular flexibility index (Phi) is 6.18. The Morgan fingerprint density at radius 1 is 1.28 bits per heavy atom. The summed E-state index contributed by atoms with van der Waals surface area (Å²) in [7, 11) is 0. The van der Waals surface area contributed by atoms with Gasteiger partial charge in [-0.2, -0.15) is 5.10 Å². The number of nitrogens with zero attached hydrogens (tertiary/aromatic N) is 2. The minimum absolute atomic E-state index is 0.0779. The Morgan fingerprint density at radius 3 is 2.84 bits per heavy atom. The van der Waals surface area contributed by atoms with E-state index in [4.69, 9.17) is 4.42 Å². The van der Waals surface area contributed by atoms with Crippen LogP contribution in [0.25, 0.3) is 6.08 Å². The largest absolute Gasteiger partial charge is 0.465 e. The van der Waals surface area contributed by atoms with E-state index in [1.807, 2.05) is 0 Å². The van der Waals surface area contributed by atoms with Crippen molar-refractivity contribution in [2.24, 2.45) is 5.10 Å². The number of nitro groups is 1. The third-order valence-corrected chi connectivity index (χ3v) is 2.85. The molecule has 0 aliphatic heterocycles. The van der Waals surface area contributed by atoms with Crippen LogP contribution in [0.15, 0.2) is 58.3 Å². The van der Waals surface area contributed by atoms with Gasteiger partial charge in [0.1, 0.15) is 5.76 Å². The number of amides is 2. The van der Waals surface area contributed by atoms with Gasteiger partial charge in [-0.05, 0) is 18.2 Å². The van der Waals surface area contributed by atoms with Crippen LogP contribution in [-0.2, 0) is 9.59 Å². The molecule has 128 valence electrons. The number of non-ortho nitro benzene ring substituents is 1. The van der Waals surface area contributed by atoms with Crippen molar-refractivity contribution in [3.63, 3.8) is 0 Å². The van der Waals surface area contributed by atoms with E-state index >= 15 is 0 Å². The Balaban J connectivity index is 1.75. The molecule has 9 nitrogen and oxygen atoms in total. The summed E-state index contributed by atoms with van der Waals surface area (Å²) < 4.78 is 5.02. The summed E-state index contributed by atoms with van der Waals surface area (Å²) in [5, 5.41) is 16.7. The van der Waals surface area contributed by atoms with Gasteiger partial charge >= 0.3 is 0 Å². The van der Waals surface area contributed by atoms with E-state index in [1.165, 1.54) is 42.8 Å². The number of nitrogens with one attached hydrogen (secondary N) is 2. The van der Waals surface area contributed by atoms with Crippen LogP contribution in [0.1, 0.15) is 11.3 Å². The van der Waals surface area contributed by atoms with Gasteiger partial charge in [-0.3, -0.25) is 19.7 Å². The lowest BCUT2D eigenvalue weighted by molar-refractivity contribution is -0.384. The molecule has 0 aliphatic rings. The second-order valence-corrected chi connectivity index (χ2v) is 4.71. The van der Waals surface area contributed by atoms with Crippen molar-refractivity contribution in [1.29, 1.82) is 0 Å². The van der Waals surface area contributed by atoms with Gasteiger partial charge in [0.25, 0.3) is 11.6 Å². The van der Waals surface area contributed by atoms with E-state index in [9.17, 15) is 19.7 Å². The second-order valence-electron chi connectivity index (χ2n) is 4.71. The van der Waals surface area contributed by atoms with Crippen molar-refractivity contribution in [3.8, 4) is 0 Å². The number of benzene rings is 1. The lowest BCUT2D eigenvalue weighted by atomic mass is 10.2. The highest BCUT2D eigenvalue weighted by atomic mass is 16.6. The molecule has 1 heterocycles. The topological polar surface area (TPSA) is 127 Å². The highest BCUT2D eigenvalue weighted by Crippen LogP contribution is 2.11. The zero-order chi connectivity index (χ0) is 18.1. The predicted octanol–water partition coefficient (Wildman–Crippen LogP) is 1.47. The number of furan rings is 1. The van der Waals surface area contributed by atoms with Crippen LogP contribution in [-0.4, -0.2) is 29.5 Å². The van der Waals surface area contributed by atoms with E-state index < -0.39 is 16.7 Å². The fourth-order valence-corrected chi connectivity index (χ4v) is 1.71. The molecule has 0 saturated heterocycles. The van der Waals surface area contributed by atoms with Crippen LogP contribution in [0, 0.1) is 10.1 Å². The second kappa shape index (κ2) is 8.77. The molecule has 9 heteroatoms. The van der Waals surface area contributed by atoms with Crippen molar-refractivity contribution in [2.45, 2.75) is 0 Å². The van der Waals surface area contributed by atoms with Crippen LogP contribution in [0.5, 0.6) is 0 Å². The average Bonchev–Trinajstić information content (AvgIpc) is 3.12. The molecule has 0 saturated carbocycles. The van der Waals surface area contributed by atoms with Gasteiger partial charge in [0.15, 0.2) is 0 Å². The summed E-state index contributed by atoms with van der Waals surface area (Å²) in [6.45, 7) is -0.270. The maximum atomic E-state index is 11.6. The van der Waals surface area contributed by atoms with Gasteiger partial charge in [0.2, 0.25) is 5.91 Å². The molecule has 0 radical (unpaired) electrons. The molecule has 1 aromatic heterocycles. The molecule has 0 bridgehead atoms. The van der Waals surface area contributed by atoms with Crippen LogP contribution in [0.4, 0.5) is 5.69 Å². The number of hydrogen-bond acceptors (Lipinski definition) is 6. The molecule has 0 aliphatic carbocycles. The Bertz CT molecular complexity index is 812. The fourth-order valence-electron chi connectivity index (χ4n) is 1.71. The maximum absolute atomic E-state index is 11.6. The summed E-state index contributed by atoms with van der Waals surface area (Å²) >= 11 is 0. The molecule has 2 aromatic rings. The van der Waals surface area contributed by atoms with Crippen molar-refractivity contribution in [3.05, 3.63) is 70.2 Å². The molecule has 0 fully saturated rings. The molecular weight excluding hydrogens is 328 g/mol. The average molecular weight is 342 g/mol. The van der Waals surface area contributed by atoms with Gasteiger partial charge in [0.05, 0.1) is 23.9 Å². The smallest absolute Gasteiger partial charge is 0.270 e. The van der Waals surface area contributed by atoms with E-state index in [0.717, 1.165) is 0 Å². The summed E-state index contributed by atoms with van der Waals surface area (Å²) in [6, 6.07) is 9.14. The number of rotatable bonds is 7. The minimum Gasteiger partial charge on any atom is -0.465 e. The molecule has 0 unspecified atom stereocenters. The third-order valence-electron chi connectivity index (χ3n) is 2.85. The van der Waals surface area contributed by atoms with Gasteiger partial charge in [0, 0.05) is 23.8 Å². The number of hydrogen-bond donors (Lipinski definition) is 2. The van der Waals surface area contributed by atoms with Crippen molar-refractivity contribution >= 4 is 29.8 Å². The van der Waals surface area contributed by atoms with Crippen molar-refractivity contribution < 1.29 is 18.9 Å². The van der Waals surface area contributed by atoms with E-state index in [0.29, 0.717) is 11.3 Å². The van der Waals surface area contributed by atoms with Crippen molar-refractivity contribution in [2.75, 3.05) is 6.54 Å². The molecule has 1 aromatic carbocycles. The number of carbonyl (C=O) groups is 2. The first-order valence-electron chi connectivity index (χ1n) is 7.10. The van der Waals surface area contributed by atoms with Crippen LogP contribution < -0.4 is 10.7 Å². The van der Waals surface area contributed by atoms with E-state index in [1.54, 1.807) is 18.2 Å². The minimum atomic E-state index is -0.540. The normalized spacial score (nSPS) is 10.9. The number of nitro benzene ring substituents is 1. The summed E-state index contributed by atoms with van der Waals surface area (Å²) in [5.74, 6) is -0.489. The monoisotopic (exact) mass is 342 g/mol. The highest BCUT2D eigenvalue weighted by Gasteiger charge is 2.05. The number of hydrazone groups is 1. The zero-order valence-corrected chi connectivity index (χ0v) is 12.9. The Morgan fingerprint density at radius 2 is 2.12 bits per heavy atom. The maximum Gasteiger partial charge on any atom is 0.270 e. The Labute approximate surface area is 142 Å². The van der Waals surface area contributed by atoms with Gasteiger partial charge in [-0.25, -0.2) is 5.43 Å². The standard InChI is InChI=1S/C16H14N4O5/c21-15(7-6-14-5-2-8-25-14)17-11-16(22)19-18-10-12-3-1-4-13(9-12)20(23)24/h1-10H,11H2,(H,17,21)(H,19,22)/b7-6+,18-10-. The number of carbonyl (C=O) groups excluding carboxylic acids is 2. The summed E-state index contributed by atoms with van der Waals surface area (Å²) in [4.78, 5) is 33.2. The third kappa shape index (κ3) is 6.10. The van der Waals surface area contributed by atoms with Crippen LogP contribution in [0.2, 0.25) is 0 Å². The SMILES string of the molecule is O=C(/C=C/c1ccco1)NCC(=O)N/N=C\c1cccc([N+](=O)[O-])c1. The van der Waals surface area contributed by atoms with Gasteiger partial charge in [-0.1, -0.05) is 12.1 Å². The van der Waals surface area contributed by atoms with E-state index in [-0.39, 0.29) is 12.2 Å². The van der Waals surface area contributed by atoms with Crippen LogP contribution >= 0.6 is 0 Å². The fraction of sp³-hybridized carbons (Fsp3) is 0.0625. The molecule has 2 amide bonds. The molecule has 25 heavy (non-hydrogen) atoms. The predicted molar refractivity (Wildman–Crippen MR) is 89.6 cm³/mol. The van der Waals surface area contributed by atoms with Crippen LogP contribution in [0.3, 0.4) is 0 Å². The lowest BCUT2D eigenvalue weighted by Gasteiger charge is -2.00.